The Labute approximate surface area is 126 Å². The van der Waals surface area contributed by atoms with Crippen LogP contribution in [0.25, 0.3) is 11.5 Å². The molecule has 1 aromatic heterocycles. The largest absolute Gasteiger partial charge is 0.419 e. The minimum absolute atomic E-state index is 0.0700. The van der Waals surface area contributed by atoms with Crippen molar-refractivity contribution < 1.29 is 17.6 Å². The van der Waals surface area contributed by atoms with Crippen molar-refractivity contribution in [3.63, 3.8) is 0 Å². The summed E-state index contributed by atoms with van der Waals surface area (Å²) in [4.78, 5) is 0. The molecule has 1 saturated carbocycles. The molecule has 1 fully saturated rings. The van der Waals surface area contributed by atoms with Gasteiger partial charge in [0.05, 0.1) is 17.7 Å². The first kappa shape index (κ1) is 14.5. The summed E-state index contributed by atoms with van der Waals surface area (Å²) in [6.07, 6.45) is -2.16. The number of rotatable bonds is 4. The first-order chi connectivity index (χ1) is 9.93. The van der Waals surface area contributed by atoms with Crippen molar-refractivity contribution in [2.75, 3.05) is 0 Å². The molecular formula is C13H11BrF3N3O. The third-order valence-corrected chi connectivity index (χ3v) is 3.80. The van der Waals surface area contributed by atoms with E-state index < -0.39 is 11.7 Å². The van der Waals surface area contributed by atoms with E-state index in [0.717, 1.165) is 25.0 Å². The van der Waals surface area contributed by atoms with Gasteiger partial charge in [0.15, 0.2) is 0 Å². The molecule has 1 N–H and O–H groups in total. The molecule has 3 rings (SSSR count). The van der Waals surface area contributed by atoms with Crippen LogP contribution < -0.4 is 5.32 Å². The molecular weight excluding hydrogens is 351 g/mol. The van der Waals surface area contributed by atoms with Gasteiger partial charge >= 0.3 is 6.18 Å². The van der Waals surface area contributed by atoms with Crippen molar-refractivity contribution in [1.82, 2.24) is 15.5 Å². The van der Waals surface area contributed by atoms with E-state index in [1.54, 1.807) is 0 Å². The molecule has 0 bridgehead atoms. The molecule has 0 radical (unpaired) electrons. The Kier molecular flexibility index (Phi) is 3.75. The van der Waals surface area contributed by atoms with E-state index in [-0.39, 0.29) is 11.5 Å². The van der Waals surface area contributed by atoms with Crippen LogP contribution in [-0.4, -0.2) is 16.2 Å². The lowest BCUT2D eigenvalue weighted by Gasteiger charge is -2.08. The monoisotopic (exact) mass is 361 g/mol. The van der Waals surface area contributed by atoms with Crippen LogP contribution in [0.4, 0.5) is 13.2 Å². The lowest BCUT2D eigenvalue weighted by Crippen LogP contribution is -2.15. The van der Waals surface area contributed by atoms with E-state index in [0.29, 0.717) is 23.0 Å². The molecule has 4 nitrogen and oxygen atoms in total. The van der Waals surface area contributed by atoms with Crippen molar-refractivity contribution in [2.24, 2.45) is 0 Å². The average Bonchev–Trinajstić information content (AvgIpc) is 3.13. The van der Waals surface area contributed by atoms with Crippen LogP contribution in [0, 0.1) is 0 Å². The Morgan fingerprint density at radius 2 is 2.05 bits per heavy atom. The summed E-state index contributed by atoms with van der Waals surface area (Å²) in [5.41, 5.74) is -0.522. The molecule has 0 atom stereocenters. The zero-order chi connectivity index (χ0) is 15.0. The second kappa shape index (κ2) is 5.42. The SMILES string of the molecule is FC(F)(F)c1ccc(Br)c(-c2nnc(CNC3CC3)o2)c1. The molecule has 2 aromatic rings. The number of nitrogens with zero attached hydrogens (tertiary/aromatic N) is 2. The van der Waals surface area contributed by atoms with Gasteiger partial charge in [-0.05, 0) is 47.0 Å². The summed E-state index contributed by atoms with van der Waals surface area (Å²) >= 11 is 3.20. The quantitative estimate of drug-likeness (QED) is 0.900. The summed E-state index contributed by atoms with van der Waals surface area (Å²) in [6.45, 7) is 0.425. The second-order valence-electron chi connectivity index (χ2n) is 4.85. The van der Waals surface area contributed by atoms with E-state index in [4.69, 9.17) is 4.42 Å². The molecule has 0 unspecified atom stereocenters. The Morgan fingerprint density at radius 1 is 1.29 bits per heavy atom. The summed E-state index contributed by atoms with van der Waals surface area (Å²) in [6, 6.07) is 3.81. The van der Waals surface area contributed by atoms with Gasteiger partial charge in [-0.2, -0.15) is 13.2 Å². The van der Waals surface area contributed by atoms with Gasteiger partial charge in [-0.1, -0.05) is 0 Å². The molecule has 1 aliphatic carbocycles. The number of nitrogens with one attached hydrogen (secondary N) is 1. The molecule has 0 amide bonds. The van der Waals surface area contributed by atoms with Crippen LogP contribution in [0.2, 0.25) is 0 Å². The van der Waals surface area contributed by atoms with Crippen LogP contribution in [0.15, 0.2) is 27.1 Å². The van der Waals surface area contributed by atoms with E-state index >= 15 is 0 Å². The predicted octanol–water partition coefficient (Wildman–Crippen LogP) is 3.77. The van der Waals surface area contributed by atoms with E-state index in [2.05, 4.69) is 31.4 Å². The maximum Gasteiger partial charge on any atom is 0.416 e. The minimum Gasteiger partial charge on any atom is -0.419 e. The number of aromatic nitrogens is 2. The highest BCUT2D eigenvalue weighted by atomic mass is 79.9. The van der Waals surface area contributed by atoms with Gasteiger partial charge in [0.2, 0.25) is 11.8 Å². The van der Waals surface area contributed by atoms with Crippen molar-refractivity contribution >= 4 is 15.9 Å². The smallest absolute Gasteiger partial charge is 0.416 e. The molecule has 0 saturated heterocycles. The number of benzene rings is 1. The Hall–Kier alpha value is -1.41. The second-order valence-corrected chi connectivity index (χ2v) is 5.70. The van der Waals surface area contributed by atoms with Crippen molar-refractivity contribution in [3.05, 3.63) is 34.1 Å². The van der Waals surface area contributed by atoms with E-state index in [1.165, 1.54) is 6.07 Å². The van der Waals surface area contributed by atoms with Gasteiger partial charge in [0.1, 0.15) is 0 Å². The highest BCUT2D eigenvalue weighted by Gasteiger charge is 2.31. The normalized spacial score (nSPS) is 15.4. The predicted molar refractivity (Wildman–Crippen MR) is 72.3 cm³/mol. The van der Waals surface area contributed by atoms with Crippen LogP contribution in [0.5, 0.6) is 0 Å². The Bertz CT molecular complexity index is 652. The van der Waals surface area contributed by atoms with Gasteiger partial charge < -0.3 is 9.73 Å². The topological polar surface area (TPSA) is 51.0 Å². The van der Waals surface area contributed by atoms with Crippen molar-refractivity contribution in [1.29, 1.82) is 0 Å². The molecule has 0 spiro atoms. The summed E-state index contributed by atoms with van der Waals surface area (Å²) in [5.74, 6) is 0.432. The lowest BCUT2D eigenvalue weighted by atomic mass is 10.1. The number of halogens is 4. The molecule has 0 aliphatic heterocycles. The zero-order valence-corrected chi connectivity index (χ0v) is 12.3. The minimum atomic E-state index is -4.41. The van der Waals surface area contributed by atoms with Crippen LogP contribution in [0.1, 0.15) is 24.3 Å². The van der Waals surface area contributed by atoms with Gasteiger partial charge in [0.25, 0.3) is 0 Å². The number of hydrogen-bond donors (Lipinski definition) is 1. The summed E-state index contributed by atoms with van der Waals surface area (Å²) < 4.78 is 44.1. The fourth-order valence-electron chi connectivity index (χ4n) is 1.82. The van der Waals surface area contributed by atoms with Crippen LogP contribution >= 0.6 is 15.9 Å². The molecule has 1 aliphatic rings. The highest BCUT2D eigenvalue weighted by Crippen LogP contribution is 2.35. The molecule has 21 heavy (non-hydrogen) atoms. The van der Waals surface area contributed by atoms with Crippen LogP contribution in [-0.2, 0) is 12.7 Å². The summed E-state index contributed by atoms with van der Waals surface area (Å²) in [7, 11) is 0. The first-order valence-electron chi connectivity index (χ1n) is 6.36. The fraction of sp³-hybridized carbons (Fsp3) is 0.385. The maximum atomic E-state index is 12.7. The Morgan fingerprint density at radius 3 is 2.71 bits per heavy atom. The molecule has 8 heteroatoms. The standard InChI is InChI=1S/C13H11BrF3N3O/c14-10-4-1-7(13(15,16)17)5-9(10)12-20-19-11(21-12)6-18-8-2-3-8/h1,4-5,8,18H,2-3,6H2. The third-order valence-electron chi connectivity index (χ3n) is 3.11. The van der Waals surface area contributed by atoms with Crippen molar-refractivity contribution in [3.8, 4) is 11.5 Å². The molecule has 1 aromatic carbocycles. The van der Waals surface area contributed by atoms with E-state index in [9.17, 15) is 13.2 Å². The molecule has 1 heterocycles. The average molecular weight is 362 g/mol. The fourth-order valence-corrected chi connectivity index (χ4v) is 2.23. The van der Waals surface area contributed by atoms with Crippen molar-refractivity contribution in [2.45, 2.75) is 31.6 Å². The number of hydrogen-bond acceptors (Lipinski definition) is 4. The van der Waals surface area contributed by atoms with Gasteiger partial charge in [-0.25, -0.2) is 0 Å². The first-order valence-corrected chi connectivity index (χ1v) is 7.15. The lowest BCUT2D eigenvalue weighted by molar-refractivity contribution is -0.137. The zero-order valence-electron chi connectivity index (χ0n) is 10.7. The van der Waals surface area contributed by atoms with Gasteiger partial charge in [-0.15, -0.1) is 10.2 Å². The van der Waals surface area contributed by atoms with Gasteiger partial charge in [0, 0.05) is 10.5 Å². The van der Waals surface area contributed by atoms with E-state index in [1.807, 2.05) is 0 Å². The highest BCUT2D eigenvalue weighted by molar-refractivity contribution is 9.10. The molecule has 112 valence electrons. The Balaban J connectivity index is 1.84. The van der Waals surface area contributed by atoms with Gasteiger partial charge in [-0.3, -0.25) is 0 Å². The third kappa shape index (κ3) is 3.44. The number of alkyl halides is 3. The van der Waals surface area contributed by atoms with Crippen LogP contribution in [0.3, 0.4) is 0 Å². The summed E-state index contributed by atoms with van der Waals surface area (Å²) in [5, 5.41) is 10.9. The maximum absolute atomic E-state index is 12.7.